The molecule has 0 aromatic carbocycles. The maximum atomic E-state index is 11.7. The highest BCUT2D eigenvalue weighted by Gasteiger charge is 2.22. The third kappa shape index (κ3) is 6.58. The molecule has 0 aliphatic carbocycles. The minimum atomic E-state index is -1.04. The van der Waals surface area contributed by atoms with Crippen LogP contribution in [0.5, 0.6) is 0 Å². The molecule has 24 heavy (non-hydrogen) atoms. The lowest BCUT2D eigenvalue weighted by atomic mass is 10.1. The van der Waals surface area contributed by atoms with Gasteiger partial charge < -0.3 is 20.9 Å². The van der Waals surface area contributed by atoms with Crippen molar-refractivity contribution in [1.82, 2.24) is 5.32 Å². The number of halogens is 1. The smallest absolute Gasteiger partial charge is 0.336 e. The van der Waals surface area contributed by atoms with Crippen molar-refractivity contribution in [3.05, 3.63) is 20.3 Å². The predicted octanol–water partition coefficient (Wildman–Crippen LogP) is 2.27. The highest BCUT2D eigenvalue weighted by molar-refractivity contribution is 9.11. The zero-order valence-electron chi connectivity index (χ0n) is 13.7. The molecule has 0 fully saturated rings. The highest BCUT2D eigenvalue weighted by atomic mass is 79.9. The van der Waals surface area contributed by atoms with Crippen LogP contribution in [0.1, 0.15) is 49.5 Å². The van der Waals surface area contributed by atoms with Crippen molar-refractivity contribution in [3.63, 3.8) is 0 Å². The van der Waals surface area contributed by atoms with E-state index in [0.29, 0.717) is 9.35 Å². The Bertz CT molecular complexity index is 624. The lowest BCUT2D eigenvalue weighted by molar-refractivity contribution is -0.155. The molecular weight excluding hydrogens is 400 g/mol. The van der Waals surface area contributed by atoms with Crippen molar-refractivity contribution in [2.24, 2.45) is 5.73 Å². The Labute approximate surface area is 152 Å². The third-order valence-electron chi connectivity index (χ3n) is 3.00. The van der Waals surface area contributed by atoms with Gasteiger partial charge in [0.25, 0.3) is 0 Å². The number of hydrogen-bond acceptors (Lipinski definition) is 6. The van der Waals surface area contributed by atoms with E-state index in [0.717, 1.165) is 0 Å². The number of carbonyl (C=O) groups excluding carboxylic acids is 2. The summed E-state index contributed by atoms with van der Waals surface area (Å²) < 4.78 is 5.85. The van der Waals surface area contributed by atoms with E-state index >= 15 is 0 Å². The maximum Gasteiger partial charge on any atom is 0.336 e. The van der Waals surface area contributed by atoms with Gasteiger partial charge in [-0.05, 0) is 43.1 Å². The number of esters is 1. The summed E-state index contributed by atoms with van der Waals surface area (Å²) in [5, 5.41) is 13.6. The summed E-state index contributed by atoms with van der Waals surface area (Å²) in [6.45, 7) is 5.43. The van der Waals surface area contributed by atoms with E-state index < -0.39 is 29.5 Å². The Kier molecular flexibility index (Phi) is 7.37. The first-order valence-corrected chi connectivity index (χ1v) is 8.92. The first-order chi connectivity index (χ1) is 11.0. The molecule has 0 radical (unpaired) electrons. The van der Waals surface area contributed by atoms with E-state index in [9.17, 15) is 14.4 Å². The molecule has 0 bridgehead atoms. The average Bonchev–Trinajstić information content (AvgIpc) is 2.77. The number of carboxylic acid groups (broad SMARTS) is 1. The third-order valence-corrected chi connectivity index (χ3v) is 4.85. The largest absolute Gasteiger partial charge is 0.478 e. The van der Waals surface area contributed by atoms with E-state index in [4.69, 9.17) is 15.6 Å². The van der Waals surface area contributed by atoms with Gasteiger partial charge in [-0.25, -0.2) is 4.79 Å². The number of ether oxygens (including phenoxy) is 1. The SMILES string of the molecule is CC(C)(C)OC(=O)CC[C@H](NCc1c(C(=O)O)csc1Br)C(N)=O. The van der Waals surface area contributed by atoms with Crippen molar-refractivity contribution in [3.8, 4) is 0 Å². The molecule has 0 unspecified atom stereocenters. The van der Waals surface area contributed by atoms with Crippen LogP contribution in [0.3, 0.4) is 0 Å². The number of thiophene rings is 1. The molecule has 134 valence electrons. The highest BCUT2D eigenvalue weighted by Crippen LogP contribution is 2.28. The van der Waals surface area contributed by atoms with Gasteiger partial charge >= 0.3 is 11.9 Å². The first-order valence-electron chi connectivity index (χ1n) is 7.25. The molecule has 1 heterocycles. The van der Waals surface area contributed by atoms with Crippen molar-refractivity contribution in [2.45, 2.75) is 51.8 Å². The zero-order valence-corrected chi connectivity index (χ0v) is 16.1. The summed E-state index contributed by atoms with van der Waals surface area (Å²) in [5.74, 6) is -2.07. The summed E-state index contributed by atoms with van der Waals surface area (Å²) >= 11 is 4.54. The molecule has 0 saturated carbocycles. The second kappa shape index (κ2) is 8.59. The van der Waals surface area contributed by atoms with Crippen LogP contribution in [0.25, 0.3) is 0 Å². The van der Waals surface area contributed by atoms with E-state index in [2.05, 4.69) is 21.2 Å². The van der Waals surface area contributed by atoms with E-state index in [1.165, 1.54) is 16.7 Å². The number of carbonyl (C=O) groups is 3. The standard InChI is InChI=1S/C15H21BrN2O5S/c1-15(2,3)23-11(19)5-4-10(13(17)20)18-6-8-9(14(21)22)7-24-12(8)16/h7,10,18H,4-6H2,1-3H3,(H2,17,20)(H,21,22)/t10-/m0/s1. The summed E-state index contributed by atoms with van der Waals surface area (Å²) in [6.07, 6.45) is 0.211. The van der Waals surface area contributed by atoms with Crippen molar-refractivity contribution >= 4 is 45.1 Å². The fourth-order valence-corrected chi connectivity index (χ4v) is 3.35. The van der Waals surface area contributed by atoms with Crippen LogP contribution >= 0.6 is 27.3 Å². The van der Waals surface area contributed by atoms with E-state index in [-0.39, 0.29) is 24.9 Å². The fourth-order valence-electron chi connectivity index (χ4n) is 1.93. The summed E-state index contributed by atoms with van der Waals surface area (Å²) in [7, 11) is 0. The number of aromatic carboxylic acids is 1. The van der Waals surface area contributed by atoms with Crippen LogP contribution in [0, 0.1) is 0 Å². The van der Waals surface area contributed by atoms with E-state index in [1.807, 2.05) is 0 Å². The predicted molar refractivity (Wildman–Crippen MR) is 93.9 cm³/mol. The Morgan fingerprint density at radius 2 is 2.04 bits per heavy atom. The summed E-state index contributed by atoms with van der Waals surface area (Å²) in [6, 6.07) is -0.758. The molecule has 1 aromatic rings. The van der Waals surface area contributed by atoms with Gasteiger partial charge in [-0.15, -0.1) is 11.3 Å². The molecule has 4 N–H and O–H groups in total. The average molecular weight is 421 g/mol. The zero-order chi connectivity index (χ0) is 18.5. The van der Waals surface area contributed by atoms with Crippen LogP contribution in [-0.4, -0.2) is 34.6 Å². The van der Waals surface area contributed by atoms with Gasteiger partial charge in [0.1, 0.15) is 5.60 Å². The number of rotatable bonds is 8. The monoisotopic (exact) mass is 420 g/mol. The number of nitrogens with one attached hydrogen (secondary N) is 1. The molecule has 0 saturated heterocycles. The Hall–Kier alpha value is -1.45. The van der Waals surface area contributed by atoms with Gasteiger partial charge in [0, 0.05) is 23.9 Å². The Balaban J connectivity index is 2.65. The molecule has 7 nitrogen and oxygen atoms in total. The summed E-state index contributed by atoms with van der Waals surface area (Å²) in [4.78, 5) is 34.4. The second-order valence-corrected chi connectivity index (χ2v) is 8.37. The molecule has 0 spiro atoms. The van der Waals surface area contributed by atoms with Gasteiger partial charge in [0.05, 0.1) is 15.4 Å². The number of primary amides is 1. The molecule has 1 aromatic heterocycles. The number of nitrogens with two attached hydrogens (primary N) is 1. The number of amides is 1. The van der Waals surface area contributed by atoms with Crippen LogP contribution in [-0.2, 0) is 20.9 Å². The molecule has 1 rings (SSSR count). The lowest BCUT2D eigenvalue weighted by Gasteiger charge is -2.20. The topological polar surface area (TPSA) is 119 Å². The van der Waals surface area contributed by atoms with Crippen molar-refractivity contribution < 1.29 is 24.2 Å². The van der Waals surface area contributed by atoms with Crippen LogP contribution < -0.4 is 11.1 Å². The lowest BCUT2D eigenvalue weighted by Crippen LogP contribution is -2.41. The van der Waals surface area contributed by atoms with Crippen LogP contribution in [0.4, 0.5) is 0 Å². The van der Waals surface area contributed by atoms with E-state index in [1.54, 1.807) is 20.8 Å². The Morgan fingerprint density at radius 1 is 1.42 bits per heavy atom. The van der Waals surface area contributed by atoms with Gasteiger partial charge in [-0.3, -0.25) is 9.59 Å². The van der Waals surface area contributed by atoms with Gasteiger partial charge in [0.2, 0.25) is 5.91 Å². The minimum absolute atomic E-state index is 0.0362. The van der Waals surface area contributed by atoms with Gasteiger partial charge in [0.15, 0.2) is 0 Å². The molecule has 0 aliphatic rings. The summed E-state index contributed by atoms with van der Waals surface area (Å²) in [5.41, 5.74) is 5.45. The molecule has 1 amide bonds. The normalized spacial score (nSPS) is 12.7. The maximum absolute atomic E-state index is 11.7. The van der Waals surface area contributed by atoms with Gasteiger partial charge in [-0.2, -0.15) is 0 Å². The van der Waals surface area contributed by atoms with Crippen molar-refractivity contribution in [1.29, 1.82) is 0 Å². The van der Waals surface area contributed by atoms with Crippen LogP contribution in [0.2, 0.25) is 0 Å². The number of hydrogen-bond donors (Lipinski definition) is 3. The van der Waals surface area contributed by atoms with Crippen molar-refractivity contribution in [2.75, 3.05) is 0 Å². The molecule has 0 aliphatic heterocycles. The molecule has 9 heteroatoms. The first kappa shape index (κ1) is 20.6. The Morgan fingerprint density at radius 3 is 2.54 bits per heavy atom. The molecule has 1 atom stereocenters. The number of carboxylic acids is 1. The van der Waals surface area contributed by atoms with Crippen LogP contribution in [0.15, 0.2) is 9.17 Å². The van der Waals surface area contributed by atoms with Gasteiger partial charge in [-0.1, -0.05) is 0 Å². The fraction of sp³-hybridized carbons (Fsp3) is 0.533. The second-order valence-electron chi connectivity index (χ2n) is 6.17. The minimum Gasteiger partial charge on any atom is -0.478 e. The molecular formula is C15H21BrN2O5S. The quantitative estimate of drug-likeness (QED) is 0.554.